The van der Waals surface area contributed by atoms with Crippen LogP contribution in [-0.4, -0.2) is 66.5 Å². The van der Waals surface area contributed by atoms with Gasteiger partial charge in [-0.05, 0) is 27.7 Å². The number of carbonyl (C=O) groups is 3. The molecule has 0 bridgehead atoms. The summed E-state index contributed by atoms with van der Waals surface area (Å²) in [6.07, 6.45) is 1.38. The Hall–Kier alpha value is -2.05. The zero-order chi connectivity index (χ0) is 16.7. The molecule has 7 heteroatoms. The predicted octanol–water partition coefficient (Wildman–Crippen LogP) is 0.549. The molecule has 0 radical (unpaired) electrons. The number of hydrogen-bond acceptors (Lipinski definition) is 6. The number of amides is 1. The molecule has 1 saturated heterocycles. The minimum absolute atomic E-state index is 0.00324. The summed E-state index contributed by atoms with van der Waals surface area (Å²) in [5.41, 5.74) is -0.187. The summed E-state index contributed by atoms with van der Waals surface area (Å²) in [6.45, 7) is 8.80. The lowest BCUT2D eigenvalue weighted by Gasteiger charge is -2.38. The van der Waals surface area contributed by atoms with Gasteiger partial charge in [0.1, 0.15) is 0 Å². The van der Waals surface area contributed by atoms with E-state index in [4.69, 9.17) is 9.47 Å². The van der Waals surface area contributed by atoms with Gasteiger partial charge in [0, 0.05) is 25.3 Å². The molecular weight excluding hydrogens is 288 g/mol. The van der Waals surface area contributed by atoms with E-state index in [-0.39, 0.29) is 37.3 Å². The minimum Gasteiger partial charge on any atom is -0.462 e. The van der Waals surface area contributed by atoms with Crippen molar-refractivity contribution in [2.24, 2.45) is 0 Å². The van der Waals surface area contributed by atoms with Gasteiger partial charge in [0.2, 0.25) is 5.91 Å². The first kappa shape index (κ1) is 18.0. The van der Waals surface area contributed by atoms with Crippen molar-refractivity contribution in [3.05, 3.63) is 11.8 Å². The largest absolute Gasteiger partial charge is 0.462 e. The number of ether oxygens (including phenoxy) is 2. The van der Waals surface area contributed by atoms with Crippen LogP contribution < -0.4 is 0 Å². The molecule has 1 heterocycles. The maximum Gasteiger partial charge on any atom is 0.347 e. The fourth-order valence-corrected chi connectivity index (χ4v) is 2.19. The van der Waals surface area contributed by atoms with E-state index < -0.39 is 11.9 Å². The lowest BCUT2D eigenvalue weighted by molar-refractivity contribution is -0.147. The van der Waals surface area contributed by atoms with Gasteiger partial charge in [-0.15, -0.1) is 0 Å². The average Bonchev–Trinajstić information content (AvgIpc) is 2.47. The molecule has 1 rings (SSSR count). The van der Waals surface area contributed by atoms with Crippen LogP contribution in [0.25, 0.3) is 0 Å². The highest BCUT2D eigenvalue weighted by Crippen LogP contribution is 2.14. The van der Waals surface area contributed by atoms with E-state index in [9.17, 15) is 14.4 Å². The van der Waals surface area contributed by atoms with E-state index in [1.54, 1.807) is 23.6 Å². The first-order chi connectivity index (χ1) is 10.4. The Morgan fingerprint density at radius 2 is 1.73 bits per heavy atom. The molecule has 124 valence electrons. The summed E-state index contributed by atoms with van der Waals surface area (Å²) >= 11 is 0. The zero-order valence-electron chi connectivity index (χ0n) is 13.6. The molecule has 0 aliphatic carbocycles. The van der Waals surface area contributed by atoms with Crippen LogP contribution >= 0.6 is 0 Å². The van der Waals surface area contributed by atoms with Crippen molar-refractivity contribution in [1.82, 2.24) is 9.80 Å². The zero-order valence-corrected chi connectivity index (χ0v) is 13.6. The van der Waals surface area contributed by atoms with Gasteiger partial charge < -0.3 is 19.3 Å². The molecule has 0 aromatic heterocycles. The van der Waals surface area contributed by atoms with Crippen LogP contribution in [-0.2, 0) is 23.9 Å². The monoisotopic (exact) mass is 312 g/mol. The van der Waals surface area contributed by atoms with Gasteiger partial charge in [-0.3, -0.25) is 4.79 Å². The number of likely N-dealkylation sites (N-methyl/N-ethyl adjacent to an activating group) is 1. The Labute approximate surface area is 130 Å². The molecule has 1 amide bonds. The highest BCUT2D eigenvalue weighted by atomic mass is 16.6. The topological polar surface area (TPSA) is 76.2 Å². The predicted molar refractivity (Wildman–Crippen MR) is 79.8 cm³/mol. The maximum atomic E-state index is 12.0. The fourth-order valence-electron chi connectivity index (χ4n) is 2.19. The Balaban J connectivity index is 2.97. The van der Waals surface area contributed by atoms with E-state index in [2.05, 4.69) is 0 Å². The van der Waals surface area contributed by atoms with Crippen molar-refractivity contribution in [1.29, 1.82) is 0 Å². The highest BCUT2D eigenvalue weighted by Gasteiger charge is 2.29. The number of esters is 2. The Morgan fingerprint density at radius 1 is 1.18 bits per heavy atom. The number of carbonyl (C=O) groups excluding carboxylic acids is 3. The maximum absolute atomic E-state index is 12.0. The van der Waals surface area contributed by atoms with Crippen molar-refractivity contribution in [2.75, 3.05) is 32.8 Å². The Kier molecular flexibility index (Phi) is 6.88. The molecule has 1 aliphatic rings. The van der Waals surface area contributed by atoms with Crippen LogP contribution in [0.4, 0.5) is 0 Å². The standard InChI is InChI=1S/C15H24N2O5/c1-5-16-8-11(4)17(10-13(16)18)9-12(14(19)21-6-2)15(20)22-7-3/h9,11H,5-8,10H2,1-4H3/t11-/m0/s1. The van der Waals surface area contributed by atoms with Crippen LogP contribution in [0.3, 0.4) is 0 Å². The van der Waals surface area contributed by atoms with E-state index >= 15 is 0 Å². The molecule has 0 saturated carbocycles. The van der Waals surface area contributed by atoms with Gasteiger partial charge in [0.25, 0.3) is 0 Å². The SMILES string of the molecule is CCOC(=O)C(=CN1CC(=O)N(CC)C[C@@H]1C)C(=O)OCC. The fraction of sp³-hybridized carbons (Fsp3) is 0.667. The van der Waals surface area contributed by atoms with E-state index in [1.165, 1.54) is 6.20 Å². The third-order valence-electron chi connectivity index (χ3n) is 3.39. The number of hydrogen-bond donors (Lipinski definition) is 0. The molecular formula is C15H24N2O5. The summed E-state index contributed by atoms with van der Waals surface area (Å²) < 4.78 is 9.77. The second-order valence-corrected chi connectivity index (χ2v) is 4.94. The lowest BCUT2D eigenvalue weighted by Crippen LogP contribution is -2.53. The Morgan fingerprint density at radius 3 is 2.18 bits per heavy atom. The van der Waals surface area contributed by atoms with Crippen LogP contribution in [0.2, 0.25) is 0 Å². The van der Waals surface area contributed by atoms with Gasteiger partial charge in [-0.2, -0.15) is 0 Å². The highest BCUT2D eigenvalue weighted by molar-refractivity contribution is 6.14. The lowest BCUT2D eigenvalue weighted by atomic mass is 10.1. The van der Waals surface area contributed by atoms with Crippen molar-refractivity contribution in [3.63, 3.8) is 0 Å². The molecule has 0 N–H and O–H groups in total. The quantitative estimate of drug-likeness (QED) is 0.308. The molecule has 22 heavy (non-hydrogen) atoms. The van der Waals surface area contributed by atoms with E-state index in [0.717, 1.165) is 0 Å². The van der Waals surface area contributed by atoms with Crippen LogP contribution in [0, 0.1) is 0 Å². The third-order valence-corrected chi connectivity index (χ3v) is 3.39. The summed E-state index contributed by atoms with van der Waals surface area (Å²) in [5.74, 6) is -1.51. The molecule has 1 fully saturated rings. The van der Waals surface area contributed by atoms with Crippen LogP contribution in [0.5, 0.6) is 0 Å². The van der Waals surface area contributed by atoms with Gasteiger partial charge >= 0.3 is 11.9 Å². The third kappa shape index (κ3) is 4.47. The first-order valence-electron chi connectivity index (χ1n) is 7.54. The van der Waals surface area contributed by atoms with Gasteiger partial charge in [-0.25, -0.2) is 9.59 Å². The molecule has 7 nitrogen and oxygen atoms in total. The number of piperazine rings is 1. The second-order valence-electron chi connectivity index (χ2n) is 4.94. The molecule has 1 aliphatic heterocycles. The van der Waals surface area contributed by atoms with Crippen molar-refractivity contribution >= 4 is 17.8 Å². The molecule has 0 spiro atoms. The summed E-state index contributed by atoms with van der Waals surface area (Å²) in [4.78, 5) is 39.3. The first-order valence-corrected chi connectivity index (χ1v) is 7.54. The smallest absolute Gasteiger partial charge is 0.347 e. The van der Waals surface area contributed by atoms with Gasteiger partial charge in [0.05, 0.1) is 19.8 Å². The van der Waals surface area contributed by atoms with Crippen LogP contribution in [0.15, 0.2) is 11.8 Å². The molecule has 0 aromatic rings. The number of rotatable bonds is 6. The summed E-state index contributed by atoms with van der Waals surface area (Å²) in [7, 11) is 0. The minimum atomic E-state index is -0.737. The van der Waals surface area contributed by atoms with Gasteiger partial charge in [0.15, 0.2) is 5.57 Å². The molecule has 0 aromatic carbocycles. The molecule has 0 unspecified atom stereocenters. The van der Waals surface area contributed by atoms with Gasteiger partial charge in [-0.1, -0.05) is 0 Å². The summed E-state index contributed by atoms with van der Waals surface area (Å²) in [5, 5.41) is 0. The summed E-state index contributed by atoms with van der Waals surface area (Å²) in [6, 6.07) is -0.00324. The normalized spacial score (nSPS) is 18.0. The molecule has 1 atom stereocenters. The Bertz CT molecular complexity index is 441. The van der Waals surface area contributed by atoms with Crippen molar-refractivity contribution in [2.45, 2.75) is 33.7 Å². The van der Waals surface area contributed by atoms with E-state index in [0.29, 0.717) is 13.1 Å². The second kappa shape index (κ2) is 8.41. The van der Waals surface area contributed by atoms with Crippen molar-refractivity contribution in [3.8, 4) is 0 Å². The van der Waals surface area contributed by atoms with E-state index in [1.807, 2.05) is 13.8 Å². The van der Waals surface area contributed by atoms with Crippen molar-refractivity contribution < 1.29 is 23.9 Å². The number of nitrogens with zero attached hydrogens (tertiary/aromatic N) is 2. The van der Waals surface area contributed by atoms with Crippen LogP contribution in [0.1, 0.15) is 27.7 Å². The average molecular weight is 312 g/mol.